The van der Waals surface area contributed by atoms with E-state index >= 15 is 0 Å². The molecule has 0 spiro atoms. The molecule has 1 aliphatic rings. The Morgan fingerprint density at radius 1 is 1.42 bits per heavy atom. The molecule has 3 rings (SSSR count). The minimum Gasteiger partial charge on any atom is -0.451 e. The second-order valence-electron chi connectivity index (χ2n) is 4.96. The number of carbonyl (C=O) groups excluding carboxylic acids is 1. The van der Waals surface area contributed by atoms with Crippen molar-refractivity contribution in [2.45, 2.75) is 18.9 Å². The summed E-state index contributed by atoms with van der Waals surface area (Å²) in [6.07, 6.45) is 1.14. The van der Waals surface area contributed by atoms with Crippen LogP contribution in [0.25, 0.3) is 11.0 Å². The normalized spacial score (nSPS) is 19.8. The molecule has 2 heterocycles. The number of anilines is 1. The zero-order valence-electron chi connectivity index (χ0n) is 10.5. The number of rotatable bonds is 1. The Hall–Kier alpha value is -2.01. The molecular weight excluding hydrogens is 244 g/mol. The lowest BCUT2D eigenvalue weighted by Gasteiger charge is -2.29. The van der Waals surface area contributed by atoms with E-state index in [1.165, 1.54) is 0 Å². The van der Waals surface area contributed by atoms with Crippen LogP contribution < -0.4 is 5.73 Å². The van der Waals surface area contributed by atoms with Crippen molar-refractivity contribution in [1.82, 2.24) is 4.90 Å². The molecule has 100 valence electrons. The van der Waals surface area contributed by atoms with Gasteiger partial charge in [0.25, 0.3) is 5.91 Å². The molecule has 1 atom stereocenters. The van der Waals surface area contributed by atoms with Crippen LogP contribution in [-0.2, 0) is 0 Å². The van der Waals surface area contributed by atoms with E-state index in [2.05, 4.69) is 0 Å². The number of aliphatic hydroxyl groups is 1. The predicted molar refractivity (Wildman–Crippen MR) is 71.8 cm³/mol. The number of carbonyl (C=O) groups is 1. The Labute approximate surface area is 110 Å². The van der Waals surface area contributed by atoms with Gasteiger partial charge in [0.1, 0.15) is 5.58 Å². The van der Waals surface area contributed by atoms with Gasteiger partial charge in [-0.3, -0.25) is 4.79 Å². The number of nitrogens with two attached hydrogens (primary N) is 1. The summed E-state index contributed by atoms with van der Waals surface area (Å²) >= 11 is 0. The molecule has 5 heteroatoms. The molecule has 1 aliphatic heterocycles. The summed E-state index contributed by atoms with van der Waals surface area (Å²) in [4.78, 5) is 13.9. The summed E-state index contributed by atoms with van der Waals surface area (Å²) in [7, 11) is 0. The molecule has 1 fully saturated rings. The smallest absolute Gasteiger partial charge is 0.289 e. The number of hydrogen-bond acceptors (Lipinski definition) is 4. The summed E-state index contributed by atoms with van der Waals surface area (Å²) in [5, 5.41) is 10.4. The average molecular weight is 260 g/mol. The van der Waals surface area contributed by atoms with Crippen molar-refractivity contribution < 1.29 is 14.3 Å². The third-order valence-electron chi connectivity index (χ3n) is 3.43. The van der Waals surface area contributed by atoms with Crippen molar-refractivity contribution in [3.05, 3.63) is 30.0 Å². The summed E-state index contributed by atoms with van der Waals surface area (Å²) in [5.41, 5.74) is 6.99. The van der Waals surface area contributed by atoms with Crippen molar-refractivity contribution in [3.8, 4) is 0 Å². The molecule has 0 radical (unpaired) electrons. The first-order chi connectivity index (χ1) is 9.13. The van der Waals surface area contributed by atoms with Gasteiger partial charge in [0.05, 0.1) is 6.10 Å². The predicted octanol–water partition coefficient (Wildman–Crippen LogP) is 1.61. The quantitative estimate of drug-likeness (QED) is 0.763. The molecule has 0 bridgehead atoms. The maximum Gasteiger partial charge on any atom is 0.289 e. The number of nitrogen functional groups attached to an aromatic ring is 1. The van der Waals surface area contributed by atoms with E-state index in [0.29, 0.717) is 30.1 Å². The summed E-state index contributed by atoms with van der Waals surface area (Å²) in [6, 6.07) is 6.98. The minimum absolute atomic E-state index is 0.173. The SMILES string of the molecule is Nc1ccc2oc(C(=O)N3CCCC(O)C3)cc2c1. The van der Waals surface area contributed by atoms with Crippen LogP contribution in [0.4, 0.5) is 5.69 Å². The van der Waals surface area contributed by atoms with Crippen LogP contribution in [0.2, 0.25) is 0 Å². The van der Waals surface area contributed by atoms with Gasteiger partial charge in [0.15, 0.2) is 5.76 Å². The van der Waals surface area contributed by atoms with E-state index in [0.717, 1.165) is 18.2 Å². The van der Waals surface area contributed by atoms with Crippen LogP contribution in [-0.4, -0.2) is 35.1 Å². The van der Waals surface area contributed by atoms with Gasteiger partial charge in [0.2, 0.25) is 0 Å². The van der Waals surface area contributed by atoms with Crippen LogP contribution in [0.1, 0.15) is 23.4 Å². The number of nitrogens with zero attached hydrogens (tertiary/aromatic N) is 1. The van der Waals surface area contributed by atoms with Gasteiger partial charge >= 0.3 is 0 Å². The van der Waals surface area contributed by atoms with Gasteiger partial charge in [-0.05, 0) is 37.1 Å². The van der Waals surface area contributed by atoms with Crippen molar-refractivity contribution in [2.75, 3.05) is 18.8 Å². The molecule has 1 saturated heterocycles. The molecule has 1 amide bonds. The van der Waals surface area contributed by atoms with Gasteiger partial charge in [-0.2, -0.15) is 0 Å². The number of β-amino-alcohol motifs (C(OH)–C–C–N with tert-alkyl or cyclic N) is 1. The number of hydrogen-bond donors (Lipinski definition) is 2. The number of likely N-dealkylation sites (tertiary alicyclic amines) is 1. The molecule has 0 saturated carbocycles. The van der Waals surface area contributed by atoms with Crippen LogP contribution in [0, 0.1) is 0 Å². The number of piperidine rings is 1. The average Bonchev–Trinajstić information content (AvgIpc) is 2.80. The molecule has 2 aromatic rings. The second kappa shape index (κ2) is 4.59. The largest absolute Gasteiger partial charge is 0.451 e. The Kier molecular flexibility index (Phi) is 2.91. The van der Waals surface area contributed by atoms with E-state index in [-0.39, 0.29) is 5.91 Å². The van der Waals surface area contributed by atoms with Crippen LogP contribution in [0.5, 0.6) is 0 Å². The van der Waals surface area contributed by atoms with E-state index in [1.807, 2.05) is 0 Å². The molecule has 3 N–H and O–H groups in total. The molecule has 0 aliphatic carbocycles. The summed E-state index contributed by atoms with van der Waals surface area (Å²) in [5.74, 6) is 0.128. The van der Waals surface area contributed by atoms with Crippen LogP contribution >= 0.6 is 0 Å². The lowest BCUT2D eigenvalue weighted by molar-refractivity contribution is 0.0450. The summed E-state index contributed by atoms with van der Waals surface area (Å²) < 4.78 is 5.54. The van der Waals surface area contributed by atoms with Crippen molar-refractivity contribution in [3.63, 3.8) is 0 Å². The fraction of sp³-hybridized carbons (Fsp3) is 0.357. The molecule has 1 unspecified atom stereocenters. The van der Waals surface area contributed by atoms with Crippen molar-refractivity contribution >= 4 is 22.6 Å². The maximum atomic E-state index is 12.3. The zero-order valence-corrected chi connectivity index (χ0v) is 10.5. The number of fused-ring (bicyclic) bond motifs is 1. The zero-order chi connectivity index (χ0) is 13.4. The van der Waals surface area contributed by atoms with Crippen molar-refractivity contribution in [2.24, 2.45) is 0 Å². The van der Waals surface area contributed by atoms with Crippen LogP contribution in [0.3, 0.4) is 0 Å². The Bertz CT molecular complexity index is 620. The first kappa shape index (κ1) is 12.0. The topological polar surface area (TPSA) is 79.7 Å². The van der Waals surface area contributed by atoms with Gasteiger partial charge in [-0.15, -0.1) is 0 Å². The lowest BCUT2D eigenvalue weighted by atomic mass is 10.1. The first-order valence-electron chi connectivity index (χ1n) is 6.40. The molecule has 5 nitrogen and oxygen atoms in total. The third-order valence-corrected chi connectivity index (χ3v) is 3.43. The molecular formula is C14H16N2O3. The highest BCUT2D eigenvalue weighted by Crippen LogP contribution is 2.23. The van der Waals surface area contributed by atoms with E-state index < -0.39 is 6.10 Å². The number of amides is 1. The highest BCUT2D eigenvalue weighted by atomic mass is 16.3. The van der Waals surface area contributed by atoms with Gasteiger partial charge < -0.3 is 20.2 Å². The van der Waals surface area contributed by atoms with E-state index in [4.69, 9.17) is 10.2 Å². The number of benzene rings is 1. The highest BCUT2D eigenvalue weighted by Gasteiger charge is 2.25. The van der Waals surface area contributed by atoms with E-state index in [1.54, 1.807) is 29.2 Å². The summed E-state index contributed by atoms with van der Waals surface area (Å²) in [6.45, 7) is 1.03. The van der Waals surface area contributed by atoms with E-state index in [9.17, 15) is 9.90 Å². The number of furan rings is 1. The fourth-order valence-electron chi connectivity index (χ4n) is 2.46. The van der Waals surface area contributed by atoms with Gasteiger partial charge in [-0.25, -0.2) is 0 Å². The third kappa shape index (κ3) is 2.29. The Morgan fingerprint density at radius 2 is 2.26 bits per heavy atom. The monoisotopic (exact) mass is 260 g/mol. The Balaban J connectivity index is 1.88. The van der Waals surface area contributed by atoms with Crippen LogP contribution in [0.15, 0.2) is 28.7 Å². The first-order valence-corrected chi connectivity index (χ1v) is 6.40. The molecule has 1 aromatic carbocycles. The van der Waals surface area contributed by atoms with Gasteiger partial charge in [-0.1, -0.05) is 0 Å². The fourth-order valence-corrected chi connectivity index (χ4v) is 2.46. The molecule has 1 aromatic heterocycles. The minimum atomic E-state index is -0.433. The number of aliphatic hydroxyl groups excluding tert-OH is 1. The Morgan fingerprint density at radius 3 is 3.05 bits per heavy atom. The standard InChI is InChI=1S/C14H16N2O3/c15-10-3-4-12-9(6-10)7-13(19-12)14(18)16-5-1-2-11(17)8-16/h3-4,6-7,11,17H,1-2,5,8,15H2. The lowest BCUT2D eigenvalue weighted by Crippen LogP contribution is -2.42. The van der Waals surface area contributed by atoms with Crippen molar-refractivity contribution in [1.29, 1.82) is 0 Å². The molecule has 19 heavy (non-hydrogen) atoms. The second-order valence-corrected chi connectivity index (χ2v) is 4.96. The van der Waals surface area contributed by atoms with Gasteiger partial charge in [0, 0.05) is 24.2 Å². The maximum absolute atomic E-state index is 12.3. The highest BCUT2D eigenvalue weighted by molar-refractivity contribution is 5.96.